The molecule has 0 radical (unpaired) electrons. The third kappa shape index (κ3) is 2.87. The van der Waals surface area contributed by atoms with E-state index >= 15 is 0 Å². The second-order valence-corrected chi connectivity index (χ2v) is 6.33. The van der Waals surface area contributed by atoms with Crippen LogP contribution < -0.4 is 5.32 Å². The highest BCUT2D eigenvalue weighted by Gasteiger charge is 2.36. The quantitative estimate of drug-likeness (QED) is 0.836. The van der Waals surface area contributed by atoms with Crippen LogP contribution in [0.15, 0.2) is 0 Å². The summed E-state index contributed by atoms with van der Waals surface area (Å²) < 4.78 is 0. The average Bonchev–Trinajstić information content (AvgIpc) is 2.90. The molecule has 104 valence electrons. The van der Waals surface area contributed by atoms with Crippen molar-refractivity contribution < 1.29 is 4.79 Å². The van der Waals surface area contributed by atoms with Gasteiger partial charge in [0.15, 0.2) is 0 Å². The molecule has 0 spiro atoms. The summed E-state index contributed by atoms with van der Waals surface area (Å²) in [4.78, 5) is 14.8. The van der Waals surface area contributed by atoms with Crippen molar-refractivity contribution in [3.8, 4) is 0 Å². The van der Waals surface area contributed by atoms with Gasteiger partial charge in [-0.2, -0.15) is 0 Å². The van der Waals surface area contributed by atoms with E-state index in [1.54, 1.807) is 0 Å². The number of rotatable bonds is 3. The minimum Gasteiger partial charge on any atom is -0.338 e. The standard InChI is InChI=1S/C15H28N2O/c1-11(2)12(3)15(18)17-10-5-4-8-14(17)13-7-6-9-16-13/h11-14,16H,4-10H2,1-3H3. The van der Waals surface area contributed by atoms with Crippen molar-refractivity contribution >= 4 is 5.91 Å². The van der Waals surface area contributed by atoms with Gasteiger partial charge in [-0.3, -0.25) is 4.79 Å². The number of nitrogens with one attached hydrogen (secondary N) is 1. The highest BCUT2D eigenvalue weighted by atomic mass is 16.2. The van der Waals surface area contributed by atoms with Crippen molar-refractivity contribution in [1.29, 1.82) is 0 Å². The fraction of sp³-hybridized carbons (Fsp3) is 0.933. The van der Waals surface area contributed by atoms with Gasteiger partial charge in [0.25, 0.3) is 0 Å². The normalized spacial score (nSPS) is 30.8. The molecule has 0 saturated carbocycles. The fourth-order valence-corrected chi connectivity index (χ4v) is 3.24. The maximum atomic E-state index is 12.6. The van der Waals surface area contributed by atoms with Gasteiger partial charge in [0.2, 0.25) is 5.91 Å². The Morgan fingerprint density at radius 1 is 1.17 bits per heavy atom. The molecule has 2 heterocycles. The minimum absolute atomic E-state index is 0.159. The van der Waals surface area contributed by atoms with Crippen LogP contribution in [0.1, 0.15) is 52.9 Å². The lowest BCUT2D eigenvalue weighted by Gasteiger charge is -2.41. The zero-order valence-electron chi connectivity index (χ0n) is 12.1. The minimum atomic E-state index is 0.159. The summed E-state index contributed by atoms with van der Waals surface area (Å²) in [6.07, 6.45) is 6.16. The van der Waals surface area contributed by atoms with Crippen molar-refractivity contribution in [2.45, 2.75) is 65.0 Å². The van der Waals surface area contributed by atoms with Crippen molar-refractivity contribution in [2.75, 3.05) is 13.1 Å². The molecule has 2 rings (SSSR count). The number of carbonyl (C=O) groups is 1. The lowest BCUT2D eigenvalue weighted by atomic mass is 9.90. The van der Waals surface area contributed by atoms with Crippen LogP contribution in [0.5, 0.6) is 0 Å². The number of hydrogen-bond acceptors (Lipinski definition) is 2. The highest BCUT2D eigenvalue weighted by molar-refractivity contribution is 5.79. The molecule has 2 aliphatic rings. The lowest BCUT2D eigenvalue weighted by molar-refractivity contribution is -0.140. The number of hydrogen-bond donors (Lipinski definition) is 1. The summed E-state index contributed by atoms with van der Waals surface area (Å²) in [5.74, 6) is 0.979. The second kappa shape index (κ2) is 6.05. The van der Waals surface area contributed by atoms with Crippen LogP contribution in [0.3, 0.4) is 0 Å². The van der Waals surface area contributed by atoms with Crippen LogP contribution >= 0.6 is 0 Å². The molecule has 3 nitrogen and oxygen atoms in total. The molecular formula is C15H28N2O. The maximum Gasteiger partial charge on any atom is 0.225 e. The first-order valence-corrected chi connectivity index (χ1v) is 7.65. The van der Waals surface area contributed by atoms with Gasteiger partial charge in [0.05, 0.1) is 0 Å². The van der Waals surface area contributed by atoms with Crippen molar-refractivity contribution in [3.63, 3.8) is 0 Å². The van der Waals surface area contributed by atoms with Gasteiger partial charge in [-0.05, 0) is 44.6 Å². The molecule has 0 aliphatic carbocycles. The number of piperidine rings is 1. The SMILES string of the molecule is CC(C)C(C)C(=O)N1CCCCC1C1CCCN1. The summed E-state index contributed by atoms with van der Waals surface area (Å²) in [6, 6.07) is 1.00. The van der Waals surface area contributed by atoms with E-state index in [4.69, 9.17) is 0 Å². The Bertz CT molecular complexity index is 284. The summed E-state index contributed by atoms with van der Waals surface area (Å²) >= 11 is 0. The zero-order chi connectivity index (χ0) is 13.1. The third-order valence-corrected chi connectivity index (χ3v) is 4.78. The fourth-order valence-electron chi connectivity index (χ4n) is 3.24. The summed E-state index contributed by atoms with van der Waals surface area (Å²) in [6.45, 7) is 8.48. The van der Waals surface area contributed by atoms with E-state index in [0.717, 1.165) is 13.1 Å². The summed E-state index contributed by atoms with van der Waals surface area (Å²) in [7, 11) is 0. The predicted octanol–water partition coefficient (Wildman–Crippen LogP) is 2.41. The Morgan fingerprint density at radius 3 is 2.56 bits per heavy atom. The van der Waals surface area contributed by atoms with Crippen LogP contribution in [0, 0.1) is 11.8 Å². The van der Waals surface area contributed by atoms with E-state index in [1.807, 2.05) is 0 Å². The van der Waals surface area contributed by atoms with Crippen LogP contribution in [0.25, 0.3) is 0 Å². The molecule has 1 N–H and O–H groups in total. The monoisotopic (exact) mass is 252 g/mol. The molecule has 0 aromatic carbocycles. The van der Waals surface area contributed by atoms with Crippen LogP contribution in [-0.4, -0.2) is 36.0 Å². The van der Waals surface area contributed by atoms with Gasteiger partial charge >= 0.3 is 0 Å². The number of carbonyl (C=O) groups excluding carboxylic acids is 1. The number of nitrogens with zero attached hydrogens (tertiary/aromatic N) is 1. The molecule has 0 aromatic rings. The molecule has 0 bridgehead atoms. The Balaban J connectivity index is 2.04. The zero-order valence-corrected chi connectivity index (χ0v) is 12.1. The lowest BCUT2D eigenvalue weighted by Crippen LogP contribution is -2.54. The number of likely N-dealkylation sites (tertiary alicyclic amines) is 1. The molecule has 2 aliphatic heterocycles. The molecule has 0 aromatic heterocycles. The van der Waals surface area contributed by atoms with Crippen molar-refractivity contribution in [3.05, 3.63) is 0 Å². The molecule has 2 fully saturated rings. The molecular weight excluding hydrogens is 224 g/mol. The van der Waals surface area contributed by atoms with Crippen molar-refractivity contribution in [2.24, 2.45) is 11.8 Å². The van der Waals surface area contributed by atoms with Gasteiger partial charge in [-0.25, -0.2) is 0 Å². The molecule has 3 atom stereocenters. The Labute approximate surface area is 111 Å². The Hall–Kier alpha value is -0.570. The van der Waals surface area contributed by atoms with E-state index < -0.39 is 0 Å². The van der Waals surface area contributed by atoms with E-state index in [2.05, 4.69) is 31.0 Å². The topological polar surface area (TPSA) is 32.3 Å². The van der Waals surface area contributed by atoms with E-state index in [0.29, 0.717) is 23.9 Å². The molecule has 1 amide bonds. The Morgan fingerprint density at radius 2 is 1.94 bits per heavy atom. The Kier molecular flexibility index (Phi) is 4.66. The van der Waals surface area contributed by atoms with Gasteiger partial charge < -0.3 is 10.2 Å². The van der Waals surface area contributed by atoms with Gasteiger partial charge in [-0.15, -0.1) is 0 Å². The molecule has 3 heteroatoms. The van der Waals surface area contributed by atoms with E-state index in [9.17, 15) is 4.79 Å². The average molecular weight is 252 g/mol. The third-order valence-electron chi connectivity index (χ3n) is 4.78. The predicted molar refractivity (Wildman–Crippen MR) is 74.4 cm³/mol. The van der Waals surface area contributed by atoms with Crippen LogP contribution in [-0.2, 0) is 4.79 Å². The summed E-state index contributed by atoms with van der Waals surface area (Å²) in [5, 5.41) is 3.59. The number of amides is 1. The van der Waals surface area contributed by atoms with Gasteiger partial charge in [0.1, 0.15) is 0 Å². The van der Waals surface area contributed by atoms with Gasteiger partial charge in [-0.1, -0.05) is 20.8 Å². The van der Waals surface area contributed by atoms with Crippen LogP contribution in [0.2, 0.25) is 0 Å². The largest absolute Gasteiger partial charge is 0.338 e. The summed E-state index contributed by atoms with van der Waals surface area (Å²) in [5.41, 5.74) is 0. The first-order valence-electron chi connectivity index (χ1n) is 7.65. The molecule has 3 unspecified atom stereocenters. The maximum absolute atomic E-state index is 12.6. The van der Waals surface area contributed by atoms with Crippen molar-refractivity contribution in [1.82, 2.24) is 10.2 Å². The van der Waals surface area contributed by atoms with E-state index in [1.165, 1.54) is 32.1 Å². The first-order chi connectivity index (χ1) is 8.61. The van der Waals surface area contributed by atoms with Gasteiger partial charge in [0, 0.05) is 24.5 Å². The van der Waals surface area contributed by atoms with Crippen LogP contribution in [0.4, 0.5) is 0 Å². The molecule has 2 saturated heterocycles. The first kappa shape index (κ1) is 13.9. The smallest absolute Gasteiger partial charge is 0.225 e. The van der Waals surface area contributed by atoms with E-state index in [-0.39, 0.29) is 5.92 Å². The molecule has 18 heavy (non-hydrogen) atoms. The second-order valence-electron chi connectivity index (χ2n) is 6.33. The highest BCUT2D eigenvalue weighted by Crippen LogP contribution is 2.27.